The van der Waals surface area contributed by atoms with Crippen molar-refractivity contribution in [1.82, 2.24) is 5.32 Å². The maximum absolute atomic E-state index is 14.9. The van der Waals surface area contributed by atoms with Crippen LogP contribution in [0.1, 0.15) is 55.3 Å². The number of halogens is 5. The number of hydrogen-bond donors (Lipinski definition) is 3. The minimum absolute atomic E-state index is 0.0301. The Kier molecular flexibility index (Phi) is 8.89. The monoisotopic (exact) mass is 626 g/mol. The van der Waals surface area contributed by atoms with Gasteiger partial charge < -0.3 is 30.0 Å². The number of methoxy groups -OCH3 is 1. The number of alkyl halides is 3. The second kappa shape index (κ2) is 12.5. The Bertz CT molecular complexity index is 1430. The van der Waals surface area contributed by atoms with E-state index in [1.54, 1.807) is 0 Å². The number of hydrogen-bond acceptors (Lipinski definition) is 6. The lowest BCUT2D eigenvalue weighted by atomic mass is 9.83. The van der Waals surface area contributed by atoms with Gasteiger partial charge in [-0.25, -0.2) is 8.78 Å². The summed E-state index contributed by atoms with van der Waals surface area (Å²) in [4.78, 5) is 38.2. The fraction of sp³-hybridized carbons (Fsp3) is 0.500. The van der Waals surface area contributed by atoms with Crippen LogP contribution in [0.25, 0.3) is 0 Å². The topological polar surface area (TPSA) is 123 Å². The largest absolute Gasteiger partial charge is 0.573 e. The van der Waals surface area contributed by atoms with Gasteiger partial charge in [0, 0.05) is 23.9 Å². The molecular weight excluding hydrogens is 595 g/mol. The molecule has 3 aliphatic rings. The number of carbonyl (C=O) groups excluding carboxylic acids is 2. The highest BCUT2D eigenvalue weighted by molar-refractivity contribution is 5.99. The van der Waals surface area contributed by atoms with Gasteiger partial charge in [0.1, 0.15) is 5.75 Å². The van der Waals surface area contributed by atoms with E-state index in [4.69, 9.17) is 9.47 Å². The Morgan fingerprint density at radius 3 is 2.25 bits per heavy atom. The molecule has 0 unspecified atom stereocenters. The number of ether oxygens (including phenoxy) is 3. The normalized spacial score (nSPS) is 26.1. The van der Waals surface area contributed by atoms with E-state index >= 15 is 0 Å². The summed E-state index contributed by atoms with van der Waals surface area (Å²) in [5, 5.41) is 14.6. The molecule has 9 nitrogen and oxygen atoms in total. The van der Waals surface area contributed by atoms with Crippen LogP contribution < -0.4 is 24.8 Å². The second-order valence-corrected chi connectivity index (χ2v) is 11.5. The predicted octanol–water partition coefficient (Wildman–Crippen LogP) is 5.68. The van der Waals surface area contributed by atoms with Crippen molar-refractivity contribution >= 4 is 23.5 Å². The van der Waals surface area contributed by atoms with Crippen molar-refractivity contribution in [3.8, 4) is 17.2 Å². The summed E-state index contributed by atoms with van der Waals surface area (Å²) in [5.41, 5.74) is -0.139. The van der Waals surface area contributed by atoms with Crippen molar-refractivity contribution < 1.29 is 55.7 Å². The first-order chi connectivity index (χ1) is 20.8. The average Bonchev–Trinajstić information content (AvgIpc) is 3.57. The number of carbonyl (C=O) groups is 3. The molecular formula is C30H31F5N2O7. The van der Waals surface area contributed by atoms with Crippen molar-refractivity contribution in [3.63, 3.8) is 0 Å². The third kappa shape index (κ3) is 6.83. The van der Waals surface area contributed by atoms with Gasteiger partial charge >= 0.3 is 12.3 Å². The summed E-state index contributed by atoms with van der Waals surface area (Å²) in [6.07, 6.45) is -1.89. The average molecular weight is 627 g/mol. The summed E-state index contributed by atoms with van der Waals surface area (Å²) in [7, 11) is 1.27. The molecule has 2 aromatic carbocycles. The maximum atomic E-state index is 14.9. The molecule has 0 heterocycles. The summed E-state index contributed by atoms with van der Waals surface area (Å²) in [6, 6.07) is 4.19. The summed E-state index contributed by atoms with van der Waals surface area (Å²) >= 11 is 0. The molecule has 14 heteroatoms. The quantitative estimate of drug-likeness (QED) is 0.306. The van der Waals surface area contributed by atoms with Crippen LogP contribution in [0, 0.1) is 35.3 Å². The van der Waals surface area contributed by atoms with Crippen molar-refractivity contribution in [1.29, 1.82) is 0 Å². The van der Waals surface area contributed by atoms with Gasteiger partial charge in [-0.3, -0.25) is 14.4 Å². The number of amides is 2. The van der Waals surface area contributed by atoms with Gasteiger partial charge in [-0.15, -0.1) is 13.2 Å². The Labute approximate surface area is 249 Å². The van der Waals surface area contributed by atoms with Gasteiger partial charge in [-0.1, -0.05) is 0 Å². The van der Waals surface area contributed by atoms with E-state index in [2.05, 4.69) is 15.4 Å². The standard InChI is InChI=1S/C30H31F5N2O7/c1-42-22-13-21(32)23(43-18-7-4-14(5-8-18)29(40)41)12-19(22)27(38)37-26-16-3-2-15(10-16)25(26)28(39)36-17-6-9-20(31)24(11-17)44-30(33,34)35/h6,9,11-16,18,25-26H,2-5,7-8,10H2,1H3,(H,36,39)(H,37,38)(H,40,41)/t14-,15-,16+,18+,25+,26-/m1/s1. The molecule has 0 saturated heterocycles. The van der Waals surface area contributed by atoms with Crippen LogP contribution in [0.15, 0.2) is 30.3 Å². The Hall–Kier alpha value is -4.10. The fourth-order valence-corrected chi connectivity index (χ4v) is 6.69. The molecule has 3 saturated carbocycles. The number of rotatable bonds is 9. The lowest BCUT2D eigenvalue weighted by Crippen LogP contribution is -2.48. The van der Waals surface area contributed by atoms with Gasteiger partial charge in [0.15, 0.2) is 23.1 Å². The van der Waals surface area contributed by atoms with Crippen LogP contribution in [0.5, 0.6) is 17.2 Å². The van der Waals surface area contributed by atoms with Crippen LogP contribution in [0.3, 0.4) is 0 Å². The Balaban J connectivity index is 1.31. The smallest absolute Gasteiger partial charge is 0.496 e. The number of fused-ring (bicyclic) bond motifs is 2. The molecule has 2 amide bonds. The second-order valence-electron chi connectivity index (χ2n) is 11.5. The van der Waals surface area contributed by atoms with Crippen molar-refractivity contribution in [2.24, 2.45) is 23.7 Å². The highest BCUT2D eigenvalue weighted by atomic mass is 19.4. The van der Waals surface area contributed by atoms with E-state index in [-0.39, 0.29) is 34.6 Å². The van der Waals surface area contributed by atoms with E-state index in [9.17, 15) is 41.4 Å². The molecule has 238 valence electrons. The predicted molar refractivity (Wildman–Crippen MR) is 144 cm³/mol. The number of anilines is 1. The molecule has 3 fully saturated rings. The van der Waals surface area contributed by atoms with Gasteiger partial charge in [0.05, 0.1) is 30.6 Å². The number of aliphatic carboxylic acids is 1. The molecule has 0 aromatic heterocycles. The highest BCUT2D eigenvalue weighted by Gasteiger charge is 2.51. The zero-order chi connectivity index (χ0) is 31.8. The van der Waals surface area contributed by atoms with Crippen molar-refractivity contribution in [2.75, 3.05) is 12.4 Å². The summed E-state index contributed by atoms with van der Waals surface area (Å²) in [6.45, 7) is 0. The Morgan fingerprint density at radius 1 is 0.886 bits per heavy atom. The van der Waals surface area contributed by atoms with Gasteiger partial charge in [-0.2, -0.15) is 0 Å². The molecule has 0 radical (unpaired) electrons. The molecule has 5 rings (SSSR count). The van der Waals surface area contributed by atoms with E-state index in [0.717, 1.165) is 30.7 Å². The first kappa shape index (κ1) is 31.3. The third-order valence-corrected chi connectivity index (χ3v) is 8.76. The first-order valence-electron chi connectivity index (χ1n) is 14.3. The van der Waals surface area contributed by atoms with Crippen molar-refractivity contribution in [2.45, 2.75) is 63.5 Å². The maximum Gasteiger partial charge on any atom is 0.573 e. The number of nitrogens with one attached hydrogen (secondary N) is 2. The van der Waals surface area contributed by atoms with Crippen LogP contribution in [-0.4, -0.2) is 48.5 Å². The first-order valence-corrected chi connectivity index (χ1v) is 14.3. The summed E-state index contributed by atoms with van der Waals surface area (Å²) < 4.78 is 81.5. The van der Waals surface area contributed by atoms with Crippen molar-refractivity contribution in [3.05, 3.63) is 47.5 Å². The number of benzene rings is 2. The van der Waals surface area contributed by atoms with Crippen LogP contribution >= 0.6 is 0 Å². The molecule has 3 N–H and O–H groups in total. The molecule has 0 spiro atoms. The third-order valence-electron chi connectivity index (χ3n) is 8.76. The highest BCUT2D eigenvalue weighted by Crippen LogP contribution is 2.49. The molecule has 3 aliphatic carbocycles. The SMILES string of the molecule is COc1cc(F)c(O[C@H]2CC[C@@H](C(=O)O)CC2)cc1C(=O)N[C@@H]1[C@H]2CC[C@H](C2)[C@@H]1C(=O)Nc1ccc(F)c(OC(F)(F)F)c1. The Morgan fingerprint density at radius 2 is 1.59 bits per heavy atom. The molecule has 2 bridgehead atoms. The molecule has 2 aromatic rings. The lowest BCUT2D eigenvalue weighted by molar-refractivity contribution is -0.275. The van der Waals surface area contributed by atoms with Crippen LogP contribution in [0.4, 0.5) is 27.6 Å². The van der Waals surface area contributed by atoms with Gasteiger partial charge in [0.25, 0.3) is 5.91 Å². The number of carboxylic acids is 1. The number of carboxylic acid groups (broad SMARTS) is 1. The fourth-order valence-electron chi connectivity index (χ4n) is 6.69. The lowest BCUT2D eigenvalue weighted by Gasteiger charge is -2.31. The van der Waals surface area contributed by atoms with Gasteiger partial charge in [-0.05, 0) is 75.0 Å². The van der Waals surface area contributed by atoms with Gasteiger partial charge in [0.2, 0.25) is 5.91 Å². The molecule has 44 heavy (non-hydrogen) atoms. The van der Waals surface area contributed by atoms with Crippen LogP contribution in [0.2, 0.25) is 0 Å². The minimum Gasteiger partial charge on any atom is -0.496 e. The molecule has 4 atom stereocenters. The van der Waals surface area contributed by atoms with E-state index in [0.29, 0.717) is 38.5 Å². The van der Waals surface area contributed by atoms with E-state index < -0.39 is 65.5 Å². The minimum atomic E-state index is -5.13. The van der Waals surface area contributed by atoms with E-state index in [1.165, 1.54) is 13.2 Å². The summed E-state index contributed by atoms with van der Waals surface area (Å²) in [5.74, 6) is -6.82. The van der Waals surface area contributed by atoms with E-state index in [1.807, 2.05) is 0 Å². The van der Waals surface area contributed by atoms with Crippen LogP contribution in [-0.2, 0) is 9.59 Å². The molecule has 0 aliphatic heterocycles. The zero-order valence-electron chi connectivity index (χ0n) is 23.6. The zero-order valence-corrected chi connectivity index (χ0v) is 23.6.